The van der Waals surface area contributed by atoms with Crippen LogP contribution >= 0.6 is 34.7 Å². The van der Waals surface area contributed by atoms with Gasteiger partial charge in [-0.25, -0.2) is 9.97 Å². The zero-order valence-electron chi connectivity index (χ0n) is 15.0. The standard InChI is InChI=1S/C19H17ClN4O2S2/c1-11-15(28-18(23-11)13-4-2-3-5-14(13)20)9-22-16(25)8-12-10-27-19-21-7-6-17(26)24(12)19/h2-7,12H,8-10H2,1H3,(H,22,25). The maximum Gasteiger partial charge on any atom is 0.254 e. The van der Waals surface area contributed by atoms with Gasteiger partial charge in [0.15, 0.2) is 5.16 Å². The van der Waals surface area contributed by atoms with Gasteiger partial charge in [0.2, 0.25) is 5.91 Å². The molecule has 4 rings (SSSR count). The number of aromatic nitrogens is 3. The highest BCUT2D eigenvalue weighted by Gasteiger charge is 2.26. The van der Waals surface area contributed by atoms with Crippen molar-refractivity contribution in [1.29, 1.82) is 0 Å². The predicted octanol–water partition coefficient (Wildman–Crippen LogP) is 3.68. The third kappa shape index (κ3) is 3.85. The van der Waals surface area contributed by atoms with Crippen molar-refractivity contribution in [2.24, 2.45) is 0 Å². The molecule has 144 valence electrons. The minimum Gasteiger partial charge on any atom is -0.351 e. The molecule has 0 fully saturated rings. The molecule has 1 unspecified atom stereocenters. The minimum atomic E-state index is -0.164. The molecule has 9 heteroatoms. The molecule has 1 aliphatic heterocycles. The molecule has 1 atom stereocenters. The van der Waals surface area contributed by atoms with E-state index < -0.39 is 0 Å². The van der Waals surface area contributed by atoms with E-state index in [1.54, 1.807) is 4.57 Å². The summed E-state index contributed by atoms with van der Waals surface area (Å²) in [5.74, 6) is 0.580. The summed E-state index contributed by atoms with van der Waals surface area (Å²) in [6.07, 6.45) is 1.76. The number of fused-ring (bicyclic) bond motifs is 1. The number of carbonyl (C=O) groups excluding carboxylic acids is 1. The molecule has 0 bridgehead atoms. The Labute approximate surface area is 175 Å². The number of halogens is 1. The SMILES string of the molecule is Cc1nc(-c2ccccc2Cl)sc1CNC(=O)CC1CSc2nccc(=O)n21. The zero-order chi connectivity index (χ0) is 19.7. The molecule has 3 aromatic rings. The van der Waals surface area contributed by atoms with Crippen LogP contribution in [0.1, 0.15) is 23.0 Å². The highest BCUT2D eigenvalue weighted by Crippen LogP contribution is 2.33. The van der Waals surface area contributed by atoms with Crippen LogP contribution in [0.25, 0.3) is 10.6 Å². The van der Waals surface area contributed by atoms with Gasteiger partial charge in [-0.2, -0.15) is 0 Å². The molecule has 28 heavy (non-hydrogen) atoms. The van der Waals surface area contributed by atoms with Gasteiger partial charge in [-0.1, -0.05) is 41.6 Å². The van der Waals surface area contributed by atoms with Crippen molar-refractivity contribution in [3.8, 4) is 10.6 Å². The normalized spacial score (nSPS) is 15.4. The second-order valence-corrected chi connectivity index (χ2v) is 8.87. The van der Waals surface area contributed by atoms with E-state index in [0.717, 1.165) is 21.1 Å². The van der Waals surface area contributed by atoms with E-state index in [1.807, 2.05) is 31.2 Å². The fraction of sp³-hybridized carbons (Fsp3) is 0.263. The molecule has 1 amide bonds. The number of aryl methyl sites for hydroxylation is 1. The van der Waals surface area contributed by atoms with Crippen molar-refractivity contribution in [2.75, 3.05) is 5.75 Å². The summed E-state index contributed by atoms with van der Waals surface area (Å²) in [6, 6.07) is 8.84. The molecule has 3 heterocycles. The van der Waals surface area contributed by atoms with Gasteiger partial charge in [-0.15, -0.1) is 11.3 Å². The van der Waals surface area contributed by atoms with Gasteiger partial charge in [0.05, 0.1) is 23.3 Å². The van der Waals surface area contributed by atoms with Gasteiger partial charge in [0, 0.05) is 34.9 Å². The molecule has 0 spiro atoms. The van der Waals surface area contributed by atoms with Gasteiger partial charge in [0.1, 0.15) is 5.01 Å². The molecule has 2 aromatic heterocycles. The molecule has 1 aliphatic rings. The minimum absolute atomic E-state index is 0.0960. The van der Waals surface area contributed by atoms with Crippen LogP contribution < -0.4 is 10.9 Å². The number of nitrogens with zero attached hydrogens (tertiary/aromatic N) is 3. The second kappa shape index (κ2) is 8.06. The molecule has 0 saturated carbocycles. The number of thiazole rings is 1. The topological polar surface area (TPSA) is 76.9 Å². The molecule has 0 saturated heterocycles. The number of nitrogens with one attached hydrogen (secondary N) is 1. The molecular formula is C19H17ClN4O2S2. The largest absolute Gasteiger partial charge is 0.351 e. The van der Waals surface area contributed by atoms with Crippen molar-refractivity contribution in [3.05, 3.63) is 62.5 Å². The van der Waals surface area contributed by atoms with Gasteiger partial charge >= 0.3 is 0 Å². The lowest BCUT2D eigenvalue weighted by molar-refractivity contribution is -0.121. The van der Waals surface area contributed by atoms with E-state index in [-0.39, 0.29) is 23.9 Å². The van der Waals surface area contributed by atoms with Crippen LogP contribution in [0.15, 0.2) is 46.5 Å². The maximum absolute atomic E-state index is 12.4. The van der Waals surface area contributed by atoms with Crippen LogP contribution in [0.2, 0.25) is 5.02 Å². The number of hydrogen-bond acceptors (Lipinski definition) is 6. The van der Waals surface area contributed by atoms with E-state index in [1.165, 1.54) is 35.4 Å². The molecular weight excluding hydrogens is 416 g/mol. The highest BCUT2D eigenvalue weighted by molar-refractivity contribution is 7.99. The summed E-state index contributed by atoms with van der Waals surface area (Å²) in [5, 5.41) is 5.12. The lowest BCUT2D eigenvalue weighted by Crippen LogP contribution is -2.30. The summed E-state index contributed by atoms with van der Waals surface area (Å²) >= 11 is 9.28. The Balaban J connectivity index is 1.41. The lowest BCUT2D eigenvalue weighted by atomic mass is 10.2. The molecule has 0 radical (unpaired) electrons. The van der Waals surface area contributed by atoms with E-state index >= 15 is 0 Å². The van der Waals surface area contributed by atoms with E-state index in [2.05, 4.69) is 15.3 Å². The maximum atomic E-state index is 12.4. The Morgan fingerprint density at radius 1 is 1.36 bits per heavy atom. The third-order valence-corrected chi connectivity index (χ3v) is 7.11. The van der Waals surface area contributed by atoms with Crippen molar-refractivity contribution in [1.82, 2.24) is 19.9 Å². The van der Waals surface area contributed by atoms with Gasteiger partial charge < -0.3 is 5.32 Å². The fourth-order valence-electron chi connectivity index (χ4n) is 3.05. The van der Waals surface area contributed by atoms with Crippen LogP contribution in [0.5, 0.6) is 0 Å². The number of amides is 1. The van der Waals surface area contributed by atoms with Crippen LogP contribution in [0, 0.1) is 6.92 Å². The Morgan fingerprint density at radius 3 is 3.00 bits per heavy atom. The average Bonchev–Trinajstić information content (AvgIpc) is 3.25. The number of carbonyl (C=O) groups is 1. The number of thioether (sulfide) groups is 1. The predicted molar refractivity (Wildman–Crippen MR) is 112 cm³/mol. The van der Waals surface area contributed by atoms with Crippen molar-refractivity contribution >= 4 is 40.6 Å². The molecule has 6 nitrogen and oxygen atoms in total. The van der Waals surface area contributed by atoms with E-state index in [4.69, 9.17) is 11.6 Å². The quantitative estimate of drug-likeness (QED) is 0.622. The lowest BCUT2D eigenvalue weighted by Gasteiger charge is -2.12. The zero-order valence-corrected chi connectivity index (χ0v) is 17.4. The molecule has 1 aromatic carbocycles. The molecule has 1 N–H and O–H groups in total. The smallest absolute Gasteiger partial charge is 0.254 e. The first-order chi connectivity index (χ1) is 13.5. The van der Waals surface area contributed by atoms with E-state index in [0.29, 0.717) is 22.5 Å². The van der Waals surface area contributed by atoms with Crippen molar-refractivity contribution in [2.45, 2.75) is 31.1 Å². The van der Waals surface area contributed by atoms with Gasteiger partial charge in [-0.3, -0.25) is 14.2 Å². The Hall–Kier alpha value is -2.16. The number of rotatable bonds is 5. The van der Waals surface area contributed by atoms with Crippen LogP contribution in [0.4, 0.5) is 0 Å². The van der Waals surface area contributed by atoms with Gasteiger partial charge in [-0.05, 0) is 13.0 Å². The van der Waals surface area contributed by atoms with Gasteiger partial charge in [0.25, 0.3) is 5.56 Å². The van der Waals surface area contributed by atoms with Crippen LogP contribution in [-0.4, -0.2) is 26.2 Å². The third-order valence-electron chi connectivity index (χ3n) is 4.48. The average molecular weight is 433 g/mol. The summed E-state index contributed by atoms with van der Waals surface area (Å²) < 4.78 is 1.61. The number of hydrogen-bond donors (Lipinski definition) is 1. The first kappa shape index (κ1) is 19.2. The van der Waals surface area contributed by atoms with Crippen LogP contribution in [0.3, 0.4) is 0 Å². The Morgan fingerprint density at radius 2 is 2.18 bits per heavy atom. The summed E-state index contributed by atoms with van der Waals surface area (Å²) in [4.78, 5) is 34.3. The highest BCUT2D eigenvalue weighted by atomic mass is 35.5. The first-order valence-corrected chi connectivity index (χ1v) is 10.9. The van der Waals surface area contributed by atoms with Crippen molar-refractivity contribution < 1.29 is 4.79 Å². The summed E-state index contributed by atoms with van der Waals surface area (Å²) in [7, 11) is 0. The second-order valence-electron chi connectivity index (χ2n) is 6.39. The van der Waals surface area contributed by atoms with Crippen molar-refractivity contribution in [3.63, 3.8) is 0 Å². The fourth-order valence-corrected chi connectivity index (χ4v) is 5.49. The van der Waals surface area contributed by atoms with Crippen LogP contribution in [-0.2, 0) is 11.3 Å². The number of benzene rings is 1. The first-order valence-electron chi connectivity index (χ1n) is 8.71. The Bertz CT molecular complexity index is 1100. The monoisotopic (exact) mass is 432 g/mol. The summed E-state index contributed by atoms with van der Waals surface area (Å²) in [6.45, 7) is 2.33. The molecule has 0 aliphatic carbocycles. The summed E-state index contributed by atoms with van der Waals surface area (Å²) in [5.41, 5.74) is 1.65. The van der Waals surface area contributed by atoms with E-state index in [9.17, 15) is 9.59 Å². The Kier molecular flexibility index (Phi) is 5.52.